The highest BCUT2D eigenvalue weighted by Crippen LogP contribution is 2.34. The molecule has 0 bridgehead atoms. The zero-order valence-corrected chi connectivity index (χ0v) is 17.5. The Morgan fingerprint density at radius 1 is 1.07 bits per heavy atom. The lowest BCUT2D eigenvalue weighted by molar-refractivity contribution is 0.170. The van der Waals surface area contributed by atoms with E-state index >= 15 is 0 Å². The maximum atomic E-state index is 6.44. The van der Waals surface area contributed by atoms with Crippen molar-refractivity contribution in [1.82, 2.24) is 24.5 Å². The lowest BCUT2D eigenvalue weighted by Gasteiger charge is -2.19. The van der Waals surface area contributed by atoms with Crippen LogP contribution in [0.15, 0.2) is 48.7 Å². The third-order valence-electron chi connectivity index (χ3n) is 5.93. The number of fused-ring (bicyclic) bond motifs is 1. The van der Waals surface area contributed by atoms with Gasteiger partial charge < -0.3 is 10.1 Å². The van der Waals surface area contributed by atoms with Crippen molar-refractivity contribution in [1.29, 1.82) is 0 Å². The Balaban J connectivity index is 1.49. The maximum absolute atomic E-state index is 6.44. The number of hydrogen-bond acceptors (Lipinski definition) is 5. The molecule has 1 aromatic carbocycles. The zero-order chi connectivity index (χ0) is 20.7. The summed E-state index contributed by atoms with van der Waals surface area (Å²) in [4.78, 5) is 4.78. The first-order chi connectivity index (χ1) is 14.6. The second-order valence-electron chi connectivity index (χ2n) is 8.11. The summed E-state index contributed by atoms with van der Waals surface area (Å²) >= 11 is 0. The number of benzene rings is 1. The number of ether oxygens (including phenoxy) is 1. The van der Waals surface area contributed by atoms with Gasteiger partial charge in [-0.25, -0.2) is 4.98 Å². The minimum absolute atomic E-state index is 0.241. The van der Waals surface area contributed by atoms with Gasteiger partial charge in [-0.2, -0.15) is 10.2 Å². The molecule has 1 aliphatic carbocycles. The van der Waals surface area contributed by atoms with E-state index in [0.717, 1.165) is 46.1 Å². The van der Waals surface area contributed by atoms with Crippen LogP contribution >= 0.6 is 0 Å². The number of pyridine rings is 1. The van der Waals surface area contributed by atoms with Crippen molar-refractivity contribution < 1.29 is 4.74 Å². The van der Waals surface area contributed by atoms with Gasteiger partial charge in [0.2, 0.25) is 0 Å². The highest BCUT2D eigenvalue weighted by atomic mass is 16.5. The Bertz CT molecular complexity index is 1180. The van der Waals surface area contributed by atoms with Crippen molar-refractivity contribution in [2.75, 3.05) is 5.32 Å². The summed E-state index contributed by atoms with van der Waals surface area (Å²) in [7, 11) is 3.83. The summed E-state index contributed by atoms with van der Waals surface area (Å²) in [5.41, 5.74) is 2.79. The first kappa shape index (κ1) is 18.7. The molecule has 2 atom stereocenters. The van der Waals surface area contributed by atoms with Crippen LogP contribution in [0, 0.1) is 5.92 Å². The first-order valence-electron chi connectivity index (χ1n) is 10.4. The van der Waals surface area contributed by atoms with Crippen molar-refractivity contribution >= 4 is 22.7 Å². The van der Waals surface area contributed by atoms with E-state index in [1.54, 1.807) is 4.68 Å². The molecule has 5 rings (SSSR count). The molecule has 4 aromatic rings. The molecule has 0 spiro atoms. The van der Waals surface area contributed by atoms with E-state index in [4.69, 9.17) is 9.72 Å². The Morgan fingerprint density at radius 3 is 2.67 bits per heavy atom. The number of rotatable bonds is 5. The molecular formula is C23H26N6O. The number of aryl methyl sites for hydroxylation is 2. The molecule has 30 heavy (non-hydrogen) atoms. The summed E-state index contributed by atoms with van der Waals surface area (Å²) in [6, 6.07) is 14.2. The van der Waals surface area contributed by atoms with Gasteiger partial charge in [0.15, 0.2) is 5.65 Å². The maximum Gasteiger partial charge on any atom is 0.163 e. The van der Waals surface area contributed by atoms with Crippen LogP contribution in [0.2, 0.25) is 0 Å². The molecule has 3 heterocycles. The van der Waals surface area contributed by atoms with Gasteiger partial charge >= 0.3 is 0 Å². The van der Waals surface area contributed by atoms with Crippen molar-refractivity contribution in [2.45, 2.75) is 32.3 Å². The number of aromatic nitrogens is 5. The molecule has 7 heteroatoms. The predicted molar refractivity (Wildman–Crippen MR) is 118 cm³/mol. The summed E-state index contributed by atoms with van der Waals surface area (Å²) in [6.45, 7) is 2.26. The van der Waals surface area contributed by atoms with Crippen LogP contribution in [0.4, 0.5) is 11.6 Å². The van der Waals surface area contributed by atoms with Crippen LogP contribution in [0.25, 0.3) is 22.3 Å². The number of anilines is 2. The Labute approximate surface area is 175 Å². The van der Waals surface area contributed by atoms with Gasteiger partial charge in [0.05, 0.1) is 17.3 Å². The van der Waals surface area contributed by atoms with Gasteiger partial charge in [-0.15, -0.1) is 0 Å². The van der Waals surface area contributed by atoms with Crippen LogP contribution in [0.1, 0.15) is 26.2 Å². The SMILES string of the molecule is CC1CCCC1Oc1cc(Nc2cc(-c3ccccc3)nn2C)nc2c1cnn2C. The molecule has 1 saturated carbocycles. The van der Waals surface area contributed by atoms with E-state index in [1.807, 2.05) is 55.3 Å². The topological polar surface area (TPSA) is 69.8 Å². The Kier molecular flexibility index (Phi) is 4.65. The van der Waals surface area contributed by atoms with Crippen molar-refractivity contribution in [3.8, 4) is 17.0 Å². The van der Waals surface area contributed by atoms with Crippen LogP contribution in [-0.4, -0.2) is 30.6 Å². The van der Waals surface area contributed by atoms with E-state index in [9.17, 15) is 0 Å². The quantitative estimate of drug-likeness (QED) is 0.525. The van der Waals surface area contributed by atoms with E-state index in [0.29, 0.717) is 5.92 Å². The number of nitrogens with one attached hydrogen (secondary N) is 1. The normalized spacial score (nSPS) is 18.8. The number of nitrogens with zero attached hydrogens (tertiary/aromatic N) is 5. The van der Waals surface area contributed by atoms with E-state index in [1.165, 1.54) is 12.8 Å². The van der Waals surface area contributed by atoms with E-state index < -0.39 is 0 Å². The molecule has 0 radical (unpaired) electrons. The molecule has 3 aromatic heterocycles. The highest BCUT2D eigenvalue weighted by Gasteiger charge is 2.26. The fraction of sp³-hybridized carbons (Fsp3) is 0.348. The Hall–Kier alpha value is -3.35. The fourth-order valence-corrected chi connectivity index (χ4v) is 4.16. The molecule has 7 nitrogen and oxygen atoms in total. The van der Waals surface area contributed by atoms with Crippen LogP contribution in [0.3, 0.4) is 0 Å². The molecule has 2 unspecified atom stereocenters. The van der Waals surface area contributed by atoms with Gasteiger partial charge in [-0.1, -0.05) is 37.3 Å². The van der Waals surface area contributed by atoms with Crippen LogP contribution in [-0.2, 0) is 14.1 Å². The van der Waals surface area contributed by atoms with Gasteiger partial charge in [-0.3, -0.25) is 9.36 Å². The standard InChI is InChI=1S/C23H26N6O/c1-15-8-7-11-19(15)30-20-13-21(26-23-17(20)14-24-29(23)3)25-22-12-18(27-28(22)2)16-9-5-4-6-10-16/h4-6,9-10,12-15,19H,7-8,11H2,1-3H3,(H,25,26). The third-order valence-corrected chi connectivity index (χ3v) is 5.93. The summed E-state index contributed by atoms with van der Waals surface area (Å²) in [5.74, 6) is 2.98. The van der Waals surface area contributed by atoms with E-state index in [-0.39, 0.29) is 6.10 Å². The molecular weight excluding hydrogens is 376 g/mol. The Morgan fingerprint density at radius 2 is 1.90 bits per heavy atom. The molecule has 1 aliphatic rings. The van der Waals surface area contributed by atoms with Crippen LogP contribution < -0.4 is 10.1 Å². The van der Waals surface area contributed by atoms with Gasteiger partial charge in [-0.05, 0) is 25.2 Å². The van der Waals surface area contributed by atoms with Gasteiger partial charge in [0, 0.05) is 31.8 Å². The average Bonchev–Trinajstić information content (AvgIpc) is 3.43. The van der Waals surface area contributed by atoms with Gasteiger partial charge in [0.1, 0.15) is 23.5 Å². The molecule has 1 N–H and O–H groups in total. The summed E-state index contributed by atoms with van der Waals surface area (Å²) in [6.07, 6.45) is 5.60. The molecule has 154 valence electrons. The summed E-state index contributed by atoms with van der Waals surface area (Å²) < 4.78 is 10.1. The smallest absolute Gasteiger partial charge is 0.163 e. The third kappa shape index (κ3) is 3.40. The fourth-order valence-electron chi connectivity index (χ4n) is 4.16. The van der Waals surface area contributed by atoms with Crippen molar-refractivity contribution in [3.63, 3.8) is 0 Å². The zero-order valence-electron chi connectivity index (χ0n) is 17.5. The highest BCUT2D eigenvalue weighted by molar-refractivity contribution is 5.84. The molecule has 0 amide bonds. The van der Waals surface area contributed by atoms with Crippen LogP contribution in [0.5, 0.6) is 5.75 Å². The largest absolute Gasteiger partial charge is 0.489 e. The number of hydrogen-bond donors (Lipinski definition) is 1. The summed E-state index contributed by atoms with van der Waals surface area (Å²) in [5, 5.41) is 13.4. The monoisotopic (exact) mass is 402 g/mol. The van der Waals surface area contributed by atoms with Crippen molar-refractivity contribution in [3.05, 3.63) is 48.7 Å². The lowest BCUT2D eigenvalue weighted by Crippen LogP contribution is -2.19. The van der Waals surface area contributed by atoms with Gasteiger partial charge in [0.25, 0.3) is 0 Å². The molecule has 0 aliphatic heterocycles. The first-order valence-corrected chi connectivity index (χ1v) is 10.4. The second kappa shape index (κ2) is 7.48. The average molecular weight is 403 g/mol. The minimum atomic E-state index is 0.241. The molecule has 1 fully saturated rings. The predicted octanol–water partition coefficient (Wildman–Crippen LogP) is 4.68. The molecule has 0 saturated heterocycles. The second-order valence-corrected chi connectivity index (χ2v) is 8.11. The minimum Gasteiger partial charge on any atom is -0.489 e. The van der Waals surface area contributed by atoms with Crippen molar-refractivity contribution in [2.24, 2.45) is 20.0 Å². The van der Waals surface area contributed by atoms with E-state index in [2.05, 4.69) is 34.6 Å². The lowest BCUT2D eigenvalue weighted by atomic mass is 10.1.